The first-order valence-electron chi connectivity index (χ1n) is 19.4. The Morgan fingerprint density at radius 2 is 1.24 bits per heavy atom. The molecule has 5 aromatic rings. The number of rotatable bonds is 9. The van der Waals surface area contributed by atoms with Gasteiger partial charge in [0.1, 0.15) is 12.1 Å². The monoisotopic (exact) mass is 781 g/mol. The molecule has 0 spiro atoms. The van der Waals surface area contributed by atoms with Gasteiger partial charge >= 0.3 is 5.97 Å². The number of nitrogens with one attached hydrogen (secondary N) is 5. The van der Waals surface area contributed by atoms with Crippen LogP contribution in [0.2, 0.25) is 0 Å². The lowest BCUT2D eigenvalue weighted by Gasteiger charge is -2.27. The number of aliphatic carboxylic acids is 1. The van der Waals surface area contributed by atoms with Crippen LogP contribution in [0.25, 0.3) is 11.4 Å². The molecule has 0 aliphatic carbocycles. The number of hydrogen-bond acceptors (Lipinski definition) is 8. The Balaban J connectivity index is 1.31. The summed E-state index contributed by atoms with van der Waals surface area (Å²) in [6.07, 6.45) is 4.68. The van der Waals surface area contributed by atoms with Crippen molar-refractivity contribution in [3.63, 3.8) is 0 Å². The zero-order chi connectivity index (χ0) is 40.7. The van der Waals surface area contributed by atoms with Gasteiger partial charge in [0, 0.05) is 61.9 Å². The van der Waals surface area contributed by atoms with Crippen LogP contribution < -0.4 is 26.6 Å². The predicted molar refractivity (Wildman–Crippen MR) is 219 cm³/mol. The van der Waals surface area contributed by atoms with Crippen molar-refractivity contribution in [1.29, 1.82) is 0 Å². The lowest BCUT2D eigenvalue weighted by atomic mass is 10.00. The molecule has 4 aromatic carbocycles. The largest absolute Gasteiger partial charge is 0.480 e. The first-order chi connectivity index (χ1) is 28.2. The van der Waals surface area contributed by atoms with Gasteiger partial charge in [-0.1, -0.05) is 97.1 Å². The van der Waals surface area contributed by atoms with E-state index in [0.717, 1.165) is 22.3 Å². The van der Waals surface area contributed by atoms with Gasteiger partial charge < -0.3 is 31.7 Å². The van der Waals surface area contributed by atoms with Gasteiger partial charge in [-0.15, -0.1) is 0 Å². The van der Waals surface area contributed by atoms with Gasteiger partial charge in [-0.25, -0.2) is 14.8 Å². The van der Waals surface area contributed by atoms with E-state index < -0.39 is 42.0 Å². The Morgan fingerprint density at radius 1 is 0.638 bits per heavy atom. The maximum Gasteiger partial charge on any atom is 0.326 e. The summed E-state index contributed by atoms with van der Waals surface area (Å²) in [7, 11) is 0. The zero-order valence-electron chi connectivity index (χ0n) is 32.0. The van der Waals surface area contributed by atoms with Crippen LogP contribution in [-0.2, 0) is 49.7 Å². The van der Waals surface area contributed by atoms with E-state index in [4.69, 9.17) is 0 Å². The van der Waals surface area contributed by atoms with Crippen LogP contribution in [0.1, 0.15) is 41.5 Å². The third-order valence-corrected chi connectivity index (χ3v) is 9.92. The van der Waals surface area contributed by atoms with Gasteiger partial charge in [0.25, 0.3) is 0 Å². The molecule has 13 heteroatoms. The number of carbonyl (C=O) groups is 5. The molecule has 7 rings (SSSR count). The van der Waals surface area contributed by atoms with Crippen molar-refractivity contribution < 1.29 is 29.1 Å². The van der Waals surface area contributed by atoms with Crippen molar-refractivity contribution in [3.05, 3.63) is 150 Å². The highest BCUT2D eigenvalue weighted by Gasteiger charge is 2.30. The number of nitrogens with zero attached hydrogens (tertiary/aromatic N) is 2. The fraction of sp³-hybridized carbons (Fsp3) is 0.267. The third kappa shape index (κ3) is 12.4. The predicted octanol–water partition coefficient (Wildman–Crippen LogP) is 4.03. The number of fused-ring (bicyclic) bond motifs is 18. The highest BCUT2D eigenvalue weighted by Crippen LogP contribution is 2.17. The summed E-state index contributed by atoms with van der Waals surface area (Å²) in [6.45, 7) is 0.196. The molecule has 4 amide bonds. The second-order valence-electron chi connectivity index (χ2n) is 14.3. The molecule has 298 valence electrons. The number of hydrogen-bond donors (Lipinski definition) is 6. The topological polar surface area (TPSA) is 192 Å². The van der Waals surface area contributed by atoms with E-state index in [9.17, 15) is 29.1 Å². The number of carboxylic acid groups (broad SMARTS) is 1. The maximum absolute atomic E-state index is 14.4. The Labute approximate surface area is 337 Å². The summed E-state index contributed by atoms with van der Waals surface area (Å²) in [6, 6.07) is 31.2. The van der Waals surface area contributed by atoms with Gasteiger partial charge in [-0.05, 0) is 59.7 Å². The SMILES string of the molecule is O=C1CCC(=O)N[C@H](CCc2ccccc2)CN[C@@H](Cc2ccc(-c3ncccn3)cc2)C(=O)N[C@H](Cc2ccccc2)C(=O)N[C@H](C(=O)O)Cc2ccc(cc2)N1. The van der Waals surface area contributed by atoms with E-state index >= 15 is 0 Å². The number of benzene rings is 4. The van der Waals surface area contributed by atoms with E-state index in [1.807, 2.05) is 84.9 Å². The minimum Gasteiger partial charge on any atom is -0.480 e. The number of carbonyl (C=O) groups excluding carboxylic acids is 4. The highest BCUT2D eigenvalue weighted by atomic mass is 16.4. The van der Waals surface area contributed by atoms with E-state index in [-0.39, 0.29) is 50.5 Å². The Kier molecular flexibility index (Phi) is 14.4. The highest BCUT2D eigenvalue weighted by molar-refractivity contribution is 5.94. The van der Waals surface area contributed by atoms with Crippen LogP contribution in [-0.4, -0.2) is 75.4 Å². The van der Waals surface area contributed by atoms with Crippen molar-refractivity contribution in [2.24, 2.45) is 0 Å². The standard InChI is InChI=1S/C45H47N7O6/c53-40-22-23-41(54)50-36(21-14-30-8-3-1-4-9-30)29-48-37(26-32-12-17-34(18-13-32)42-46-24-7-25-47-42)43(55)51-38(27-31-10-5-2-6-11-31)44(56)52-39(45(57)58)28-33-15-19-35(49-40)20-16-33/h1-13,15-20,24-25,36-39,48H,14,21-23,26-29H2,(H,49,53)(H,50,54)(H,51,55)(H,52,56)(H,57,58)/t36-,37+,38-,39+/m1/s1. The van der Waals surface area contributed by atoms with Gasteiger partial charge in [0.05, 0.1) is 6.04 Å². The minimum atomic E-state index is -1.30. The molecule has 2 bridgehead atoms. The second-order valence-corrected chi connectivity index (χ2v) is 14.3. The number of carboxylic acids is 1. The zero-order valence-corrected chi connectivity index (χ0v) is 32.0. The van der Waals surface area contributed by atoms with Crippen LogP contribution >= 0.6 is 0 Å². The maximum atomic E-state index is 14.4. The van der Waals surface area contributed by atoms with Gasteiger partial charge in [-0.2, -0.15) is 0 Å². The van der Waals surface area contributed by atoms with Gasteiger partial charge in [0.15, 0.2) is 5.82 Å². The quantitative estimate of drug-likeness (QED) is 0.120. The molecule has 3 heterocycles. The summed E-state index contributed by atoms with van der Waals surface area (Å²) in [5.74, 6) is -2.48. The molecule has 0 saturated heterocycles. The van der Waals surface area contributed by atoms with E-state index in [0.29, 0.717) is 29.9 Å². The normalized spacial score (nSPS) is 19.8. The Hall–Kier alpha value is -6.73. The lowest BCUT2D eigenvalue weighted by molar-refractivity contribution is -0.142. The van der Waals surface area contributed by atoms with Gasteiger partial charge in [0.2, 0.25) is 23.6 Å². The molecule has 1 aromatic heterocycles. The van der Waals surface area contributed by atoms with Crippen LogP contribution in [0.4, 0.5) is 5.69 Å². The summed E-state index contributed by atoms with van der Waals surface area (Å²) in [4.78, 5) is 75.7. The number of amides is 4. The fourth-order valence-corrected chi connectivity index (χ4v) is 6.74. The number of aryl methyl sites for hydroxylation is 1. The third-order valence-electron chi connectivity index (χ3n) is 9.92. The van der Waals surface area contributed by atoms with Crippen molar-refractivity contribution in [2.75, 3.05) is 11.9 Å². The minimum absolute atomic E-state index is 0.0416. The number of anilines is 1. The van der Waals surface area contributed by atoms with E-state index in [1.165, 1.54) is 0 Å². The first-order valence-corrected chi connectivity index (χ1v) is 19.4. The molecule has 0 fully saturated rings. The summed E-state index contributed by atoms with van der Waals surface area (Å²) in [5.41, 5.74) is 4.56. The van der Waals surface area contributed by atoms with Crippen molar-refractivity contribution in [2.45, 2.75) is 69.1 Å². The molecule has 58 heavy (non-hydrogen) atoms. The van der Waals surface area contributed by atoms with Crippen molar-refractivity contribution in [1.82, 2.24) is 31.2 Å². The van der Waals surface area contributed by atoms with Crippen LogP contribution in [0, 0.1) is 0 Å². The molecule has 0 radical (unpaired) electrons. The summed E-state index contributed by atoms with van der Waals surface area (Å²) >= 11 is 0. The van der Waals surface area contributed by atoms with Crippen LogP contribution in [0.15, 0.2) is 128 Å². The van der Waals surface area contributed by atoms with E-state index in [1.54, 1.807) is 42.7 Å². The molecular formula is C45H47N7O6. The molecular weight excluding hydrogens is 735 g/mol. The molecule has 4 atom stereocenters. The second kappa shape index (κ2) is 20.4. The average Bonchev–Trinajstić information content (AvgIpc) is 3.24. The Morgan fingerprint density at radius 3 is 1.91 bits per heavy atom. The van der Waals surface area contributed by atoms with Crippen LogP contribution in [0.3, 0.4) is 0 Å². The Bertz CT molecular complexity index is 2140. The first kappa shape index (κ1) is 40.9. The van der Waals surface area contributed by atoms with E-state index in [2.05, 4.69) is 36.6 Å². The van der Waals surface area contributed by atoms with Crippen molar-refractivity contribution in [3.8, 4) is 11.4 Å². The molecule has 0 saturated carbocycles. The van der Waals surface area contributed by atoms with Crippen LogP contribution in [0.5, 0.6) is 0 Å². The molecule has 13 nitrogen and oxygen atoms in total. The molecule has 2 aliphatic rings. The molecule has 2 aliphatic heterocycles. The van der Waals surface area contributed by atoms with Gasteiger partial charge in [-0.3, -0.25) is 19.2 Å². The fourth-order valence-electron chi connectivity index (χ4n) is 6.74. The summed E-state index contributed by atoms with van der Waals surface area (Å²) < 4.78 is 0. The lowest BCUT2D eigenvalue weighted by Crippen LogP contribution is -2.57. The summed E-state index contributed by atoms with van der Waals surface area (Å²) in [5, 5.41) is 25.0. The molecule has 0 unspecified atom stereocenters. The number of aromatic nitrogens is 2. The van der Waals surface area contributed by atoms with Crippen molar-refractivity contribution >= 4 is 35.3 Å². The average molecular weight is 782 g/mol. The molecule has 6 N–H and O–H groups in total. The smallest absolute Gasteiger partial charge is 0.326 e.